The van der Waals surface area contributed by atoms with E-state index in [1.54, 1.807) is 4.90 Å². The molecule has 11 heteroatoms. The number of nitrogens with zero attached hydrogens (tertiary/aromatic N) is 4. The molecule has 0 aromatic rings. The first kappa shape index (κ1) is 27.3. The lowest BCUT2D eigenvalue weighted by Gasteiger charge is -2.31. The fourth-order valence-corrected chi connectivity index (χ4v) is 4.94. The predicted molar refractivity (Wildman–Crippen MR) is 128 cm³/mol. The van der Waals surface area contributed by atoms with Gasteiger partial charge in [0.05, 0.1) is 25.5 Å². The number of likely N-dealkylation sites (tertiary alicyclic amines) is 1. The van der Waals surface area contributed by atoms with E-state index in [1.165, 1.54) is 0 Å². The number of morpholine rings is 1. The number of sulfonamides is 1. The van der Waals surface area contributed by atoms with Crippen LogP contribution in [0.1, 0.15) is 53.4 Å². The van der Waals surface area contributed by atoms with E-state index >= 15 is 0 Å². The van der Waals surface area contributed by atoms with E-state index in [2.05, 4.69) is 39.8 Å². The van der Waals surface area contributed by atoms with Crippen LogP contribution in [-0.2, 0) is 19.6 Å². The Bertz CT molecular complexity index is 830. The molecule has 2 unspecified atom stereocenters. The molecular weight excluding hydrogens is 444 g/mol. The summed E-state index contributed by atoms with van der Waals surface area (Å²) in [6.07, 6.45) is 4.04. The van der Waals surface area contributed by atoms with Gasteiger partial charge in [-0.2, -0.15) is 5.26 Å². The van der Waals surface area contributed by atoms with Gasteiger partial charge in [0.15, 0.2) is 0 Å². The molecule has 0 spiro atoms. The standard InChI is InChI=1S/C22H40N6O4S/c1-6-18(7-2)28-9-8-22(15-23,16-28)25-20(29)19(14-17(3)4)24-21(26-33(5,30)31)27-10-12-32-13-11-27/h17-19H,6-14,16H2,1-5H3,(H,24,26)(H,25,29). The maximum Gasteiger partial charge on any atom is 0.246 e. The predicted octanol–water partition coefficient (Wildman–Crippen LogP) is 0.911. The van der Waals surface area contributed by atoms with Crippen molar-refractivity contribution in [2.24, 2.45) is 10.9 Å². The lowest BCUT2D eigenvalue weighted by molar-refractivity contribution is -0.124. The minimum atomic E-state index is -3.59. The molecule has 2 fully saturated rings. The number of hydrogen-bond donors (Lipinski definition) is 2. The van der Waals surface area contributed by atoms with Gasteiger partial charge in [-0.05, 0) is 31.6 Å². The summed E-state index contributed by atoms with van der Waals surface area (Å²) in [6, 6.07) is 1.91. The van der Waals surface area contributed by atoms with Gasteiger partial charge in [0.1, 0.15) is 11.6 Å². The average Bonchev–Trinajstić information content (AvgIpc) is 3.17. The van der Waals surface area contributed by atoms with Crippen LogP contribution in [0.2, 0.25) is 0 Å². The molecule has 0 aliphatic carbocycles. The first-order chi connectivity index (χ1) is 15.5. The normalized spacial score (nSPS) is 23.6. The molecule has 2 heterocycles. The van der Waals surface area contributed by atoms with E-state index < -0.39 is 21.6 Å². The van der Waals surface area contributed by atoms with Crippen LogP contribution in [-0.4, -0.2) is 93.4 Å². The highest BCUT2D eigenvalue weighted by Crippen LogP contribution is 2.25. The Morgan fingerprint density at radius 1 is 1.21 bits per heavy atom. The van der Waals surface area contributed by atoms with Crippen molar-refractivity contribution in [2.75, 3.05) is 45.6 Å². The first-order valence-corrected chi connectivity index (χ1v) is 13.8. The summed E-state index contributed by atoms with van der Waals surface area (Å²) < 4.78 is 31.8. The highest BCUT2D eigenvalue weighted by atomic mass is 32.2. The number of amides is 1. The van der Waals surface area contributed by atoms with Crippen molar-refractivity contribution in [1.29, 1.82) is 5.26 Å². The van der Waals surface area contributed by atoms with Gasteiger partial charge in [-0.25, -0.2) is 13.4 Å². The van der Waals surface area contributed by atoms with E-state index in [9.17, 15) is 18.5 Å². The minimum absolute atomic E-state index is 0.149. The maximum atomic E-state index is 13.4. The number of carbonyl (C=O) groups is 1. The molecule has 2 rings (SSSR count). The average molecular weight is 485 g/mol. The van der Waals surface area contributed by atoms with Crippen LogP contribution in [0.3, 0.4) is 0 Å². The molecule has 1 amide bonds. The number of guanidine groups is 1. The number of nitriles is 1. The number of rotatable bonds is 9. The van der Waals surface area contributed by atoms with E-state index in [0.717, 1.165) is 25.6 Å². The molecule has 10 nitrogen and oxygen atoms in total. The van der Waals surface area contributed by atoms with Gasteiger partial charge in [-0.15, -0.1) is 0 Å². The second kappa shape index (κ2) is 12.0. The van der Waals surface area contributed by atoms with Crippen molar-refractivity contribution < 1.29 is 17.9 Å². The van der Waals surface area contributed by atoms with Crippen molar-refractivity contribution in [3.05, 3.63) is 0 Å². The van der Waals surface area contributed by atoms with Gasteiger partial charge in [0.2, 0.25) is 21.9 Å². The van der Waals surface area contributed by atoms with Crippen LogP contribution in [0.15, 0.2) is 4.99 Å². The first-order valence-electron chi connectivity index (χ1n) is 11.9. The largest absolute Gasteiger partial charge is 0.378 e. The Labute approximate surface area is 198 Å². The van der Waals surface area contributed by atoms with Crippen LogP contribution < -0.4 is 10.0 Å². The van der Waals surface area contributed by atoms with Gasteiger partial charge in [0, 0.05) is 32.2 Å². The highest BCUT2D eigenvalue weighted by molar-refractivity contribution is 7.89. The quantitative estimate of drug-likeness (QED) is 0.368. The molecule has 0 saturated carbocycles. The van der Waals surface area contributed by atoms with Crippen molar-refractivity contribution in [3.63, 3.8) is 0 Å². The summed E-state index contributed by atoms with van der Waals surface area (Å²) in [5.74, 6) is -0.0493. The third kappa shape index (κ3) is 8.12. The molecule has 2 N–H and O–H groups in total. The molecule has 33 heavy (non-hydrogen) atoms. The number of carbonyl (C=O) groups excluding carboxylic acids is 1. The zero-order valence-corrected chi connectivity index (χ0v) is 21.4. The van der Waals surface area contributed by atoms with Gasteiger partial charge >= 0.3 is 0 Å². The van der Waals surface area contributed by atoms with Crippen molar-refractivity contribution >= 4 is 21.9 Å². The zero-order chi connectivity index (χ0) is 24.6. The van der Waals surface area contributed by atoms with E-state index in [-0.39, 0.29) is 17.8 Å². The topological polar surface area (TPSA) is 127 Å². The summed E-state index contributed by atoms with van der Waals surface area (Å²) >= 11 is 0. The lowest BCUT2D eigenvalue weighted by atomic mass is 9.98. The van der Waals surface area contributed by atoms with Crippen LogP contribution in [0, 0.1) is 17.2 Å². The van der Waals surface area contributed by atoms with Crippen LogP contribution in [0.25, 0.3) is 0 Å². The summed E-state index contributed by atoms with van der Waals surface area (Å²) in [6.45, 7) is 11.3. The Balaban J connectivity index is 2.27. The summed E-state index contributed by atoms with van der Waals surface area (Å²) in [4.78, 5) is 22.0. The molecule has 0 aromatic carbocycles. The maximum absolute atomic E-state index is 13.4. The number of ether oxygens (including phenoxy) is 1. The third-order valence-electron chi connectivity index (χ3n) is 6.20. The number of aliphatic imine (C=N–C) groups is 1. The molecule has 2 atom stereocenters. The Kier molecular flexibility index (Phi) is 9.94. The molecule has 2 aliphatic rings. The number of hydrogen-bond acceptors (Lipinski definition) is 7. The van der Waals surface area contributed by atoms with E-state index in [1.807, 2.05) is 13.8 Å². The van der Waals surface area contributed by atoms with E-state index in [0.29, 0.717) is 51.7 Å². The van der Waals surface area contributed by atoms with Crippen LogP contribution in [0.5, 0.6) is 0 Å². The smallest absolute Gasteiger partial charge is 0.246 e. The Morgan fingerprint density at radius 3 is 2.36 bits per heavy atom. The molecule has 0 radical (unpaired) electrons. The summed E-state index contributed by atoms with van der Waals surface area (Å²) in [5, 5.41) is 13.0. The van der Waals surface area contributed by atoms with Crippen molar-refractivity contribution in [1.82, 2.24) is 19.8 Å². The lowest BCUT2D eigenvalue weighted by Crippen LogP contribution is -2.54. The molecule has 0 aromatic heterocycles. The second-order valence-electron chi connectivity index (χ2n) is 9.45. The second-order valence-corrected chi connectivity index (χ2v) is 11.2. The van der Waals surface area contributed by atoms with Gasteiger partial charge < -0.3 is 15.0 Å². The van der Waals surface area contributed by atoms with Crippen molar-refractivity contribution in [3.8, 4) is 6.07 Å². The minimum Gasteiger partial charge on any atom is -0.378 e. The fourth-order valence-electron chi connectivity index (χ4n) is 4.42. The zero-order valence-electron chi connectivity index (χ0n) is 20.6. The van der Waals surface area contributed by atoms with Gasteiger partial charge in [-0.1, -0.05) is 27.7 Å². The SMILES string of the molecule is CCC(CC)N1CCC(C#N)(NC(=O)C(CC(C)C)N=C(NS(C)(=O)=O)N2CCOCC2)C1. The monoisotopic (exact) mass is 484 g/mol. The molecular formula is C22H40N6O4S. The van der Waals surface area contributed by atoms with E-state index in [4.69, 9.17) is 4.74 Å². The van der Waals surface area contributed by atoms with Crippen LogP contribution >= 0.6 is 0 Å². The fraction of sp³-hybridized carbons (Fsp3) is 0.864. The highest BCUT2D eigenvalue weighted by Gasteiger charge is 2.42. The van der Waals surface area contributed by atoms with Gasteiger partial charge in [-0.3, -0.25) is 14.4 Å². The van der Waals surface area contributed by atoms with Crippen LogP contribution in [0.4, 0.5) is 0 Å². The Hall–Kier alpha value is -1.90. The number of nitrogens with one attached hydrogen (secondary N) is 2. The third-order valence-corrected chi connectivity index (χ3v) is 6.75. The summed E-state index contributed by atoms with van der Waals surface area (Å²) in [7, 11) is -3.59. The van der Waals surface area contributed by atoms with Crippen molar-refractivity contribution in [2.45, 2.75) is 71.0 Å². The molecule has 2 saturated heterocycles. The molecule has 188 valence electrons. The van der Waals surface area contributed by atoms with Gasteiger partial charge in [0.25, 0.3) is 0 Å². The Morgan fingerprint density at radius 2 is 1.85 bits per heavy atom. The molecule has 2 aliphatic heterocycles. The summed E-state index contributed by atoms with van der Waals surface area (Å²) in [5.41, 5.74) is -0.964. The molecule has 0 bridgehead atoms.